The van der Waals surface area contributed by atoms with Crippen LogP contribution in [0.4, 0.5) is 16.3 Å². The zero-order chi connectivity index (χ0) is 25.3. The molecule has 2 amide bonds. The molecule has 1 saturated heterocycles. The van der Waals surface area contributed by atoms with Gasteiger partial charge < -0.3 is 20.3 Å². The number of nitrogens with zero attached hydrogens (tertiary/aromatic N) is 3. The summed E-state index contributed by atoms with van der Waals surface area (Å²) in [6, 6.07) is 16.2. The van der Waals surface area contributed by atoms with E-state index in [1.54, 1.807) is 36.4 Å². The molecule has 3 aromatic rings. The van der Waals surface area contributed by atoms with Crippen LogP contribution < -0.4 is 15.5 Å². The average molecular weight is 508 g/mol. The minimum atomic E-state index is -3.47. The van der Waals surface area contributed by atoms with E-state index in [0.29, 0.717) is 48.3 Å². The van der Waals surface area contributed by atoms with Crippen molar-refractivity contribution < 1.29 is 17.9 Å². The first-order valence-corrected chi connectivity index (χ1v) is 13.9. The van der Waals surface area contributed by atoms with Crippen molar-refractivity contribution in [3.05, 3.63) is 54.6 Å². The van der Waals surface area contributed by atoms with E-state index in [4.69, 9.17) is 14.7 Å². The molecule has 10 heteroatoms. The number of amides is 2. The lowest BCUT2D eigenvalue weighted by atomic mass is 10.1. The Bertz CT molecular complexity index is 1370. The third-order valence-electron chi connectivity index (χ3n) is 6.25. The Morgan fingerprint density at radius 1 is 1.08 bits per heavy atom. The van der Waals surface area contributed by atoms with Gasteiger partial charge in [-0.3, -0.25) is 0 Å². The van der Waals surface area contributed by atoms with E-state index in [0.717, 1.165) is 18.4 Å². The van der Waals surface area contributed by atoms with Gasteiger partial charge in [-0.2, -0.15) is 0 Å². The van der Waals surface area contributed by atoms with E-state index >= 15 is 0 Å². The fourth-order valence-corrected chi connectivity index (χ4v) is 5.10. The lowest BCUT2D eigenvalue weighted by molar-refractivity contribution is 0.0985. The molecule has 1 aliphatic heterocycles. The largest absolute Gasteiger partial charge is 0.377 e. The topological polar surface area (TPSA) is 114 Å². The Morgan fingerprint density at radius 3 is 2.53 bits per heavy atom. The number of nitrogens with one attached hydrogen (secondary N) is 2. The molecular formula is C26H29N5O4S. The molecule has 2 aromatic carbocycles. The van der Waals surface area contributed by atoms with Crippen LogP contribution in [0.25, 0.3) is 22.6 Å². The number of hydrogen-bond acceptors (Lipinski definition) is 7. The molecule has 2 N–H and O–H groups in total. The number of carbonyl (C=O) groups is 1. The first-order valence-electron chi connectivity index (χ1n) is 12.0. The second kappa shape index (κ2) is 9.87. The van der Waals surface area contributed by atoms with Gasteiger partial charge in [-0.05, 0) is 50.1 Å². The second-order valence-electron chi connectivity index (χ2n) is 9.27. The molecule has 188 valence electrons. The van der Waals surface area contributed by atoms with E-state index in [2.05, 4.69) is 22.5 Å². The van der Waals surface area contributed by atoms with Crippen LogP contribution in [-0.2, 0) is 14.6 Å². The van der Waals surface area contributed by atoms with Crippen LogP contribution in [0.15, 0.2) is 59.5 Å². The third-order valence-corrected chi connectivity index (χ3v) is 7.41. The van der Waals surface area contributed by atoms with Crippen LogP contribution in [0.5, 0.6) is 0 Å². The Balaban J connectivity index is 1.53. The molecule has 2 fully saturated rings. The fourth-order valence-electron chi connectivity index (χ4n) is 4.20. The van der Waals surface area contributed by atoms with Gasteiger partial charge in [0.1, 0.15) is 5.82 Å². The molecule has 36 heavy (non-hydrogen) atoms. The summed E-state index contributed by atoms with van der Waals surface area (Å²) < 4.78 is 30.6. The molecule has 2 aliphatic rings. The molecule has 0 spiro atoms. The summed E-state index contributed by atoms with van der Waals surface area (Å²) in [5.74, 6) is 1.18. The number of rotatable bonds is 6. The maximum absolute atomic E-state index is 12.5. The smallest absolute Gasteiger partial charge is 0.319 e. The zero-order valence-electron chi connectivity index (χ0n) is 20.3. The van der Waals surface area contributed by atoms with E-state index in [-0.39, 0.29) is 23.0 Å². The summed E-state index contributed by atoms with van der Waals surface area (Å²) in [6.45, 7) is 3.90. The maximum atomic E-state index is 12.5. The highest BCUT2D eigenvalue weighted by Crippen LogP contribution is 2.32. The predicted octanol–water partition coefficient (Wildman–Crippen LogP) is 3.72. The van der Waals surface area contributed by atoms with Crippen molar-refractivity contribution in [2.45, 2.75) is 36.7 Å². The van der Waals surface area contributed by atoms with Gasteiger partial charge in [0.15, 0.2) is 15.7 Å². The highest BCUT2D eigenvalue weighted by Gasteiger charge is 2.24. The first-order chi connectivity index (χ1) is 17.3. The average Bonchev–Trinajstić information content (AvgIpc) is 3.68. The van der Waals surface area contributed by atoms with Crippen molar-refractivity contribution in [1.82, 2.24) is 15.3 Å². The number of sulfone groups is 1. The molecule has 5 rings (SSSR count). The standard InChI is InChI=1S/C26H29N5O4S/c1-17-16-35-14-13-31(17)24-15-22(21-5-3-4-6-23(21)36(2,33)34)29-25(30-24)18-7-9-19(10-8-18)27-26(32)28-20-11-12-20/h3-10,15,17,20H,11-14,16H2,1-2H3,(H2,27,28,32). The number of aromatic nitrogens is 2. The minimum absolute atomic E-state index is 0.107. The van der Waals surface area contributed by atoms with Crippen molar-refractivity contribution in [3.63, 3.8) is 0 Å². The number of anilines is 2. The Hall–Kier alpha value is -3.50. The molecule has 9 nitrogen and oxygen atoms in total. The highest BCUT2D eigenvalue weighted by atomic mass is 32.2. The minimum Gasteiger partial charge on any atom is -0.377 e. The maximum Gasteiger partial charge on any atom is 0.319 e. The highest BCUT2D eigenvalue weighted by molar-refractivity contribution is 7.90. The summed E-state index contributed by atoms with van der Waals surface area (Å²) in [7, 11) is -3.47. The lowest BCUT2D eigenvalue weighted by Gasteiger charge is -2.34. The molecule has 0 radical (unpaired) electrons. The van der Waals surface area contributed by atoms with Gasteiger partial charge in [-0.15, -0.1) is 0 Å². The SMILES string of the molecule is CC1COCCN1c1cc(-c2ccccc2S(C)(=O)=O)nc(-c2ccc(NC(=O)NC3CC3)cc2)n1. The van der Waals surface area contributed by atoms with Crippen molar-refractivity contribution in [2.24, 2.45) is 0 Å². The molecule has 1 aromatic heterocycles. The van der Waals surface area contributed by atoms with Crippen LogP contribution in [0, 0.1) is 0 Å². The number of morpholine rings is 1. The molecule has 2 heterocycles. The van der Waals surface area contributed by atoms with Crippen LogP contribution in [-0.4, -0.2) is 62.5 Å². The Kier molecular flexibility index (Phi) is 6.63. The van der Waals surface area contributed by atoms with E-state index < -0.39 is 9.84 Å². The van der Waals surface area contributed by atoms with Gasteiger partial charge in [0, 0.05) is 41.7 Å². The van der Waals surface area contributed by atoms with Crippen LogP contribution in [0.1, 0.15) is 19.8 Å². The molecular weight excluding hydrogens is 478 g/mol. The lowest BCUT2D eigenvalue weighted by Crippen LogP contribution is -2.44. The third kappa shape index (κ3) is 5.50. The normalized spacial score (nSPS) is 18.1. The van der Waals surface area contributed by atoms with Crippen molar-refractivity contribution in [2.75, 3.05) is 36.2 Å². The summed E-state index contributed by atoms with van der Waals surface area (Å²) in [4.78, 5) is 24.1. The fraction of sp³-hybridized carbons (Fsp3) is 0.346. The quantitative estimate of drug-likeness (QED) is 0.523. The Morgan fingerprint density at radius 2 is 1.83 bits per heavy atom. The van der Waals surface area contributed by atoms with Gasteiger partial charge in [-0.25, -0.2) is 23.2 Å². The molecule has 1 aliphatic carbocycles. The summed E-state index contributed by atoms with van der Waals surface area (Å²) in [6.07, 6.45) is 3.24. The zero-order valence-corrected chi connectivity index (χ0v) is 21.1. The molecule has 1 unspecified atom stereocenters. The number of urea groups is 1. The van der Waals surface area contributed by atoms with Gasteiger partial charge in [0.25, 0.3) is 0 Å². The number of carbonyl (C=O) groups excluding carboxylic acids is 1. The van der Waals surface area contributed by atoms with Gasteiger partial charge in [0.05, 0.1) is 29.8 Å². The van der Waals surface area contributed by atoms with Gasteiger partial charge in [-0.1, -0.05) is 18.2 Å². The van der Waals surface area contributed by atoms with E-state index in [1.165, 1.54) is 6.26 Å². The first kappa shape index (κ1) is 24.2. The van der Waals surface area contributed by atoms with Crippen molar-refractivity contribution >= 4 is 27.4 Å². The molecule has 1 atom stereocenters. The van der Waals surface area contributed by atoms with Crippen LogP contribution in [0.2, 0.25) is 0 Å². The summed E-state index contributed by atoms with van der Waals surface area (Å²) in [5.41, 5.74) is 2.48. The second-order valence-corrected chi connectivity index (χ2v) is 11.3. The van der Waals surface area contributed by atoms with Crippen molar-refractivity contribution in [3.8, 4) is 22.6 Å². The summed E-state index contributed by atoms with van der Waals surface area (Å²) in [5, 5.41) is 5.74. The predicted molar refractivity (Wildman–Crippen MR) is 139 cm³/mol. The summed E-state index contributed by atoms with van der Waals surface area (Å²) >= 11 is 0. The van der Waals surface area contributed by atoms with Gasteiger partial charge in [0.2, 0.25) is 0 Å². The number of ether oxygens (including phenoxy) is 1. The van der Waals surface area contributed by atoms with E-state index in [9.17, 15) is 13.2 Å². The number of hydrogen-bond donors (Lipinski definition) is 2. The molecule has 1 saturated carbocycles. The monoisotopic (exact) mass is 507 g/mol. The van der Waals surface area contributed by atoms with Crippen LogP contribution >= 0.6 is 0 Å². The van der Waals surface area contributed by atoms with Gasteiger partial charge >= 0.3 is 6.03 Å². The number of benzene rings is 2. The van der Waals surface area contributed by atoms with Crippen molar-refractivity contribution in [1.29, 1.82) is 0 Å². The molecule has 0 bridgehead atoms. The Labute approximate surface area is 210 Å². The van der Waals surface area contributed by atoms with E-state index in [1.807, 2.05) is 18.2 Å². The van der Waals surface area contributed by atoms with Crippen LogP contribution in [0.3, 0.4) is 0 Å².